The largest absolute Gasteiger partial charge is 0.340 e. The molecule has 3 rings (SSSR count). The Morgan fingerprint density at radius 2 is 1.85 bits per heavy atom. The molecule has 3 N–H and O–H groups in total. The zero-order valence-electron chi connectivity index (χ0n) is 14.2. The minimum atomic E-state index is -0.750. The zero-order chi connectivity index (χ0) is 18.5. The van der Waals surface area contributed by atoms with Gasteiger partial charge in [-0.25, -0.2) is 0 Å². The Labute approximate surface area is 155 Å². The van der Waals surface area contributed by atoms with Gasteiger partial charge in [0.25, 0.3) is 5.91 Å². The second-order valence-corrected chi connectivity index (χ2v) is 6.76. The summed E-state index contributed by atoms with van der Waals surface area (Å²) in [4.78, 5) is 37.8. The summed E-state index contributed by atoms with van der Waals surface area (Å²) < 4.78 is 0. The first-order chi connectivity index (χ1) is 12.6. The summed E-state index contributed by atoms with van der Waals surface area (Å²) >= 11 is 1.63. The minimum absolute atomic E-state index is 0.124. The van der Waals surface area contributed by atoms with Crippen LogP contribution in [0.25, 0.3) is 0 Å². The number of hydrogen-bond donors (Lipinski definition) is 3. The van der Waals surface area contributed by atoms with Crippen LogP contribution in [0.2, 0.25) is 0 Å². The topological polar surface area (TPSA) is 87.3 Å². The average molecular weight is 369 g/mol. The fourth-order valence-corrected chi connectivity index (χ4v) is 3.10. The number of nitrogens with one attached hydrogen (secondary N) is 3. The standard InChI is InChI=1S/C19H19N3O3S/c1-26-13-8-6-12(7-9-13)20-17(23)11-10-16-19(25)21-15-5-3-2-4-14(15)18(24)22-16/h2-9,16H,10-11H2,1H3,(H,20,23)(H,21,25)(H,22,24). The van der Waals surface area contributed by atoms with E-state index in [-0.39, 0.29) is 30.6 Å². The zero-order valence-corrected chi connectivity index (χ0v) is 15.1. The number of rotatable bonds is 5. The van der Waals surface area contributed by atoms with E-state index in [0.717, 1.165) is 4.90 Å². The Morgan fingerprint density at radius 1 is 1.12 bits per heavy atom. The molecule has 1 atom stereocenters. The van der Waals surface area contributed by atoms with Gasteiger partial charge in [-0.1, -0.05) is 12.1 Å². The van der Waals surface area contributed by atoms with Crippen LogP contribution in [-0.2, 0) is 9.59 Å². The molecule has 6 nitrogen and oxygen atoms in total. The molecule has 0 fully saturated rings. The average Bonchev–Trinajstić information content (AvgIpc) is 2.77. The Hall–Kier alpha value is -2.80. The van der Waals surface area contributed by atoms with Crippen molar-refractivity contribution in [1.82, 2.24) is 5.32 Å². The number of amides is 3. The van der Waals surface area contributed by atoms with Gasteiger partial charge in [0.1, 0.15) is 6.04 Å². The van der Waals surface area contributed by atoms with Crippen LogP contribution in [0.1, 0.15) is 23.2 Å². The van der Waals surface area contributed by atoms with Gasteiger partial charge in [-0.2, -0.15) is 0 Å². The number of carbonyl (C=O) groups is 3. The molecule has 2 aromatic rings. The fourth-order valence-electron chi connectivity index (χ4n) is 2.69. The third kappa shape index (κ3) is 4.23. The van der Waals surface area contributed by atoms with E-state index in [4.69, 9.17) is 0 Å². The summed E-state index contributed by atoms with van der Waals surface area (Å²) in [7, 11) is 0. The van der Waals surface area contributed by atoms with E-state index in [2.05, 4.69) is 16.0 Å². The van der Waals surface area contributed by atoms with Crippen LogP contribution < -0.4 is 16.0 Å². The van der Waals surface area contributed by atoms with Crippen LogP contribution in [0.4, 0.5) is 11.4 Å². The van der Waals surface area contributed by atoms with E-state index in [9.17, 15) is 14.4 Å². The molecule has 26 heavy (non-hydrogen) atoms. The van der Waals surface area contributed by atoms with Gasteiger partial charge in [0, 0.05) is 17.0 Å². The Morgan fingerprint density at radius 3 is 2.58 bits per heavy atom. The molecule has 2 aromatic carbocycles. The van der Waals surface area contributed by atoms with Gasteiger partial charge in [-0.05, 0) is 49.1 Å². The van der Waals surface area contributed by atoms with Crippen molar-refractivity contribution in [2.45, 2.75) is 23.8 Å². The first-order valence-corrected chi connectivity index (χ1v) is 9.44. The quantitative estimate of drug-likeness (QED) is 0.707. The minimum Gasteiger partial charge on any atom is -0.340 e. The van der Waals surface area contributed by atoms with Crippen LogP contribution >= 0.6 is 11.8 Å². The van der Waals surface area contributed by atoms with E-state index in [1.165, 1.54) is 0 Å². The van der Waals surface area contributed by atoms with Gasteiger partial charge < -0.3 is 16.0 Å². The maximum absolute atomic E-state index is 12.3. The molecule has 0 saturated carbocycles. The van der Waals surface area contributed by atoms with E-state index >= 15 is 0 Å². The highest BCUT2D eigenvalue weighted by molar-refractivity contribution is 7.98. The van der Waals surface area contributed by atoms with Crippen molar-refractivity contribution < 1.29 is 14.4 Å². The monoisotopic (exact) mass is 369 g/mol. The third-order valence-electron chi connectivity index (χ3n) is 4.09. The van der Waals surface area contributed by atoms with Crippen molar-refractivity contribution in [2.75, 3.05) is 16.9 Å². The fraction of sp³-hybridized carbons (Fsp3) is 0.211. The molecule has 1 heterocycles. The molecule has 0 bridgehead atoms. The number of para-hydroxylation sites is 1. The lowest BCUT2D eigenvalue weighted by molar-refractivity contribution is -0.118. The molecular weight excluding hydrogens is 350 g/mol. The molecule has 0 saturated heterocycles. The molecule has 3 amide bonds. The van der Waals surface area contributed by atoms with Crippen LogP contribution in [-0.4, -0.2) is 30.0 Å². The smallest absolute Gasteiger partial charge is 0.254 e. The van der Waals surface area contributed by atoms with Gasteiger partial charge in [0.15, 0.2) is 0 Å². The number of anilines is 2. The molecule has 0 spiro atoms. The number of thioether (sulfide) groups is 1. The molecule has 134 valence electrons. The summed E-state index contributed by atoms with van der Waals surface area (Å²) in [5.74, 6) is -0.844. The summed E-state index contributed by atoms with van der Waals surface area (Å²) in [6.45, 7) is 0. The Kier molecular flexibility index (Phi) is 5.58. The van der Waals surface area contributed by atoms with Crippen LogP contribution in [0.5, 0.6) is 0 Å². The third-order valence-corrected chi connectivity index (χ3v) is 4.83. The first-order valence-electron chi connectivity index (χ1n) is 8.21. The summed E-state index contributed by atoms with van der Waals surface area (Å²) in [5.41, 5.74) is 1.60. The lowest BCUT2D eigenvalue weighted by atomic mass is 10.1. The highest BCUT2D eigenvalue weighted by Gasteiger charge is 2.27. The van der Waals surface area contributed by atoms with Gasteiger partial charge in [-0.15, -0.1) is 11.8 Å². The van der Waals surface area contributed by atoms with Crippen molar-refractivity contribution in [2.24, 2.45) is 0 Å². The first kappa shape index (κ1) is 18.0. The second kappa shape index (κ2) is 8.05. The second-order valence-electron chi connectivity index (χ2n) is 5.88. The molecule has 0 aliphatic carbocycles. The van der Waals surface area contributed by atoms with E-state index in [1.54, 1.807) is 36.0 Å². The Bertz CT molecular complexity index is 836. The molecule has 1 aliphatic heterocycles. The highest BCUT2D eigenvalue weighted by Crippen LogP contribution is 2.20. The predicted molar refractivity (Wildman–Crippen MR) is 102 cm³/mol. The lowest BCUT2D eigenvalue weighted by Crippen LogP contribution is -2.41. The van der Waals surface area contributed by atoms with Gasteiger partial charge in [0.05, 0.1) is 11.3 Å². The lowest BCUT2D eigenvalue weighted by Gasteiger charge is -2.14. The Balaban J connectivity index is 1.58. The number of carbonyl (C=O) groups excluding carboxylic acids is 3. The van der Waals surface area contributed by atoms with Crippen molar-refractivity contribution >= 4 is 40.9 Å². The van der Waals surface area contributed by atoms with Crippen molar-refractivity contribution in [3.05, 3.63) is 54.1 Å². The molecule has 1 aliphatic rings. The van der Waals surface area contributed by atoms with E-state index in [1.807, 2.05) is 30.5 Å². The summed E-state index contributed by atoms with van der Waals surface area (Å²) in [6.07, 6.45) is 2.33. The highest BCUT2D eigenvalue weighted by atomic mass is 32.2. The van der Waals surface area contributed by atoms with E-state index < -0.39 is 6.04 Å². The SMILES string of the molecule is CSc1ccc(NC(=O)CCC2NC(=O)c3ccccc3NC2=O)cc1. The maximum atomic E-state index is 12.3. The van der Waals surface area contributed by atoms with Gasteiger partial charge >= 0.3 is 0 Å². The van der Waals surface area contributed by atoms with E-state index in [0.29, 0.717) is 16.9 Å². The van der Waals surface area contributed by atoms with Crippen LogP contribution in [0.15, 0.2) is 53.4 Å². The summed E-state index contributed by atoms with van der Waals surface area (Å²) in [5, 5.41) is 8.22. The molecule has 0 radical (unpaired) electrons. The van der Waals surface area contributed by atoms with Gasteiger partial charge in [-0.3, -0.25) is 14.4 Å². The number of fused-ring (bicyclic) bond motifs is 1. The van der Waals surface area contributed by atoms with Gasteiger partial charge in [0.2, 0.25) is 11.8 Å². The van der Waals surface area contributed by atoms with Crippen molar-refractivity contribution in [1.29, 1.82) is 0 Å². The molecule has 7 heteroatoms. The van der Waals surface area contributed by atoms with Crippen LogP contribution in [0.3, 0.4) is 0 Å². The normalized spacial score (nSPS) is 16.1. The summed E-state index contributed by atoms with van der Waals surface area (Å²) in [6, 6.07) is 13.6. The molecule has 1 unspecified atom stereocenters. The van der Waals surface area contributed by atoms with Crippen molar-refractivity contribution in [3.63, 3.8) is 0 Å². The van der Waals surface area contributed by atoms with Crippen LogP contribution in [0, 0.1) is 0 Å². The molecular formula is C19H19N3O3S. The number of hydrogen-bond acceptors (Lipinski definition) is 4. The number of benzene rings is 2. The van der Waals surface area contributed by atoms with Crippen molar-refractivity contribution in [3.8, 4) is 0 Å². The molecule has 0 aromatic heterocycles. The maximum Gasteiger partial charge on any atom is 0.254 e. The predicted octanol–water partition coefficient (Wildman–Crippen LogP) is 2.88.